The molecule has 0 unspecified atom stereocenters. The lowest BCUT2D eigenvalue weighted by Crippen LogP contribution is -2.30. The van der Waals surface area contributed by atoms with Gasteiger partial charge in [0.15, 0.2) is 5.13 Å². The number of rotatable bonds is 3. The molecular weight excluding hydrogens is 246 g/mol. The van der Waals surface area contributed by atoms with Gasteiger partial charge >= 0.3 is 0 Å². The second kappa shape index (κ2) is 5.04. The molecular formula is C13H15N3OS. The standard InChI is InChI=1S/C13H15N3OS/c17-12(9-16-7-3-4-8-16)15-13-14-10-5-1-2-6-11(10)18-13/h1-2,5-6H,3-4,7-9H2,(H,14,15,17). The highest BCUT2D eigenvalue weighted by atomic mass is 32.1. The van der Waals surface area contributed by atoms with E-state index in [1.165, 1.54) is 24.2 Å². The van der Waals surface area contributed by atoms with Crippen LogP contribution in [0.4, 0.5) is 5.13 Å². The van der Waals surface area contributed by atoms with Crippen molar-refractivity contribution in [1.82, 2.24) is 9.88 Å². The smallest absolute Gasteiger partial charge is 0.240 e. The molecule has 2 heterocycles. The van der Waals surface area contributed by atoms with Crippen LogP contribution in [0, 0.1) is 0 Å². The number of hydrogen-bond donors (Lipinski definition) is 1. The fourth-order valence-corrected chi connectivity index (χ4v) is 3.11. The van der Waals surface area contributed by atoms with Crippen LogP contribution in [-0.4, -0.2) is 35.4 Å². The number of aromatic nitrogens is 1. The first-order valence-electron chi connectivity index (χ1n) is 6.19. The fourth-order valence-electron chi connectivity index (χ4n) is 2.23. The van der Waals surface area contributed by atoms with E-state index >= 15 is 0 Å². The fraction of sp³-hybridized carbons (Fsp3) is 0.385. The van der Waals surface area contributed by atoms with Crippen molar-refractivity contribution in [2.45, 2.75) is 12.8 Å². The van der Waals surface area contributed by atoms with Crippen molar-refractivity contribution >= 4 is 32.6 Å². The Morgan fingerprint density at radius 1 is 1.33 bits per heavy atom. The van der Waals surface area contributed by atoms with Crippen molar-refractivity contribution in [3.63, 3.8) is 0 Å². The summed E-state index contributed by atoms with van der Waals surface area (Å²) in [6.45, 7) is 2.55. The second-order valence-corrected chi connectivity index (χ2v) is 5.55. The summed E-state index contributed by atoms with van der Waals surface area (Å²) in [6, 6.07) is 7.92. The molecule has 1 aliphatic heterocycles. The third-order valence-electron chi connectivity index (χ3n) is 3.11. The Labute approximate surface area is 110 Å². The summed E-state index contributed by atoms with van der Waals surface area (Å²) in [5.74, 6) is 0.0379. The predicted octanol–water partition coefficient (Wildman–Crippen LogP) is 2.33. The molecule has 0 atom stereocenters. The maximum absolute atomic E-state index is 11.9. The number of nitrogens with one attached hydrogen (secondary N) is 1. The molecule has 2 aromatic rings. The van der Waals surface area contributed by atoms with E-state index in [-0.39, 0.29) is 5.91 Å². The average molecular weight is 261 g/mol. The molecule has 1 aromatic heterocycles. The van der Waals surface area contributed by atoms with Crippen molar-refractivity contribution in [3.05, 3.63) is 24.3 Å². The predicted molar refractivity (Wildman–Crippen MR) is 73.9 cm³/mol. The Hall–Kier alpha value is -1.46. The summed E-state index contributed by atoms with van der Waals surface area (Å²) >= 11 is 1.52. The first-order chi connectivity index (χ1) is 8.81. The Kier molecular flexibility index (Phi) is 3.25. The summed E-state index contributed by atoms with van der Waals surface area (Å²) in [6.07, 6.45) is 2.41. The third kappa shape index (κ3) is 2.52. The lowest BCUT2D eigenvalue weighted by atomic mass is 10.3. The highest BCUT2D eigenvalue weighted by Gasteiger charge is 2.15. The topological polar surface area (TPSA) is 45.2 Å². The number of para-hydroxylation sites is 1. The molecule has 4 nitrogen and oxygen atoms in total. The minimum atomic E-state index is 0.0379. The van der Waals surface area contributed by atoms with E-state index < -0.39 is 0 Å². The Balaban J connectivity index is 1.66. The van der Waals surface area contributed by atoms with Crippen LogP contribution in [0.5, 0.6) is 0 Å². The van der Waals surface area contributed by atoms with Crippen LogP contribution in [-0.2, 0) is 4.79 Å². The van der Waals surface area contributed by atoms with Gasteiger partial charge in [0.05, 0.1) is 16.8 Å². The molecule has 0 saturated carbocycles. The zero-order valence-electron chi connectivity index (χ0n) is 10.1. The summed E-state index contributed by atoms with van der Waals surface area (Å²) in [4.78, 5) is 18.4. The first kappa shape index (κ1) is 11.6. The Morgan fingerprint density at radius 2 is 2.11 bits per heavy atom. The van der Waals surface area contributed by atoms with Crippen LogP contribution in [0.1, 0.15) is 12.8 Å². The highest BCUT2D eigenvalue weighted by molar-refractivity contribution is 7.22. The van der Waals surface area contributed by atoms with Crippen LogP contribution in [0.3, 0.4) is 0 Å². The molecule has 0 radical (unpaired) electrons. The summed E-state index contributed by atoms with van der Waals surface area (Å²) in [5.41, 5.74) is 0.943. The Morgan fingerprint density at radius 3 is 2.89 bits per heavy atom. The van der Waals surface area contributed by atoms with Gasteiger partial charge in [-0.25, -0.2) is 4.98 Å². The van der Waals surface area contributed by atoms with Gasteiger partial charge in [-0.3, -0.25) is 9.69 Å². The van der Waals surface area contributed by atoms with Crippen LogP contribution in [0.2, 0.25) is 0 Å². The van der Waals surface area contributed by atoms with E-state index in [0.717, 1.165) is 23.3 Å². The van der Waals surface area contributed by atoms with Crippen LogP contribution in [0.25, 0.3) is 10.2 Å². The number of likely N-dealkylation sites (tertiary alicyclic amines) is 1. The molecule has 1 amide bonds. The molecule has 3 rings (SSSR count). The van der Waals surface area contributed by atoms with E-state index in [2.05, 4.69) is 15.2 Å². The van der Waals surface area contributed by atoms with Gasteiger partial charge in [-0.1, -0.05) is 23.5 Å². The highest BCUT2D eigenvalue weighted by Crippen LogP contribution is 2.25. The van der Waals surface area contributed by atoms with E-state index in [0.29, 0.717) is 11.7 Å². The molecule has 1 saturated heterocycles. The summed E-state index contributed by atoms with van der Waals surface area (Å²) in [5, 5.41) is 3.58. The zero-order valence-corrected chi connectivity index (χ0v) is 10.9. The number of benzene rings is 1. The van der Waals surface area contributed by atoms with Crippen LogP contribution >= 0.6 is 11.3 Å². The number of fused-ring (bicyclic) bond motifs is 1. The van der Waals surface area contributed by atoms with E-state index in [1.807, 2.05) is 24.3 Å². The second-order valence-electron chi connectivity index (χ2n) is 4.52. The van der Waals surface area contributed by atoms with E-state index in [9.17, 15) is 4.79 Å². The van der Waals surface area contributed by atoms with Crippen molar-refractivity contribution in [2.24, 2.45) is 0 Å². The minimum absolute atomic E-state index is 0.0379. The Bertz CT molecular complexity index is 527. The SMILES string of the molecule is O=C(CN1CCCC1)Nc1nc2ccccc2s1. The number of thiazole rings is 1. The van der Waals surface area contributed by atoms with Gasteiger partial charge in [-0.05, 0) is 38.1 Å². The maximum atomic E-state index is 11.9. The number of carbonyl (C=O) groups excluding carboxylic acids is 1. The lowest BCUT2D eigenvalue weighted by molar-refractivity contribution is -0.117. The molecule has 0 bridgehead atoms. The van der Waals surface area contributed by atoms with Gasteiger partial charge in [0.25, 0.3) is 0 Å². The third-order valence-corrected chi connectivity index (χ3v) is 4.06. The molecule has 1 aromatic carbocycles. The normalized spacial score (nSPS) is 16.2. The molecule has 18 heavy (non-hydrogen) atoms. The van der Waals surface area contributed by atoms with Crippen LogP contribution < -0.4 is 5.32 Å². The van der Waals surface area contributed by atoms with Gasteiger partial charge < -0.3 is 5.32 Å². The van der Waals surface area contributed by atoms with Gasteiger partial charge in [0, 0.05) is 0 Å². The van der Waals surface area contributed by atoms with Gasteiger partial charge in [-0.2, -0.15) is 0 Å². The minimum Gasteiger partial charge on any atom is -0.301 e. The molecule has 1 aliphatic rings. The average Bonchev–Trinajstić information content (AvgIpc) is 2.96. The number of carbonyl (C=O) groups is 1. The number of amides is 1. The van der Waals surface area contributed by atoms with Crippen LogP contribution in [0.15, 0.2) is 24.3 Å². The summed E-state index contributed by atoms with van der Waals surface area (Å²) < 4.78 is 1.11. The largest absolute Gasteiger partial charge is 0.301 e. The zero-order chi connectivity index (χ0) is 12.4. The molecule has 0 aliphatic carbocycles. The van der Waals surface area contributed by atoms with Crippen molar-refractivity contribution in [3.8, 4) is 0 Å². The van der Waals surface area contributed by atoms with Crippen molar-refractivity contribution in [2.75, 3.05) is 25.0 Å². The number of anilines is 1. The molecule has 0 spiro atoms. The number of hydrogen-bond acceptors (Lipinski definition) is 4. The maximum Gasteiger partial charge on any atom is 0.240 e. The molecule has 1 fully saturated rings. The van der Waals surface area contributed by atoms with E-state index in [4.69, 9.17) is 0 Å². The molecule has 1 N–H and O–H groups in total. The molecule has 94 valence electrons. The monoisotopic (exact) mass is 261 g/mol. The number of nitrogens with zero attached hydrogens (tertiary/aromatic N) is 2. The van der Waals surface area contributed by atoms with E-state index in [1.54, 1.807) is 0 Å². The quantitative estimate of drug-likeness (QED) is 0.922. The van der Waals surface area contributed by atoms with Crippen molar-refractivity contribution in [1.29, 1.82) is 0 Å². The summed E-state index contributed by atoms with van der Waals surface area (Å²) in [7, 11) is 0. The lowest BCUT2D eigenvalue weighted by Gasteiger charge is -2.12. The van der Waals surface area contributed by atoms with Gasteiger partial charge in [0.1, 0.15) is 0 Å². The van der Waals surface area contributed by atoms with Gasteiger partial charge in [-0.15, -0.1) is 0 Å². The first-order valence-corrected chi connectivity index (χ1v) is 7.01. The molecule has 5 heteroatoms. The van der Waals surface area contributed by atoms with Crippen molar-refractivity contribution < 1.29 is 4.79 Å². The van der Waals surface area contributed by atoms with Gasteiger partial charge in [0.2, 0.25) is 5.91 Å².